The Labute approximate surface area is 205 Å². The minimum atomic E-state index is -0.119. The Balaban J connectivity index is 1.56. The van der Waals surface area contributed by atoms with Crippen molar-refractivity contribution in [1.82, 2.24) is 19.8 Å². The van der Waals surface area contributed by atoms with E-state index < -0.39 is 0 Å². The monoisotopic (exact) mass is 478 g/mol. The summed E-state index contributed by atoms with van der Waals surface area (Å²) in [6.45, 7) is 9.28. The number of benzene rings is 2. The molecule has 0 unspecified atom stereocenters. The zero-order chi connectivity index (χ0) is 24.3. The number of aromatic nitrogens is 2. The summed E-state index contributed by atoms with van der Waals surface area (Å²) in [6, 6.07) is 14.8. The van der Waals surface area contributed by atoms with Crippen LogP contribution in [0.25, 0.3) is 11.0 Å². The summed E-state index contributed by atoms with van der Waals surface area (Å²) in [6.07, 6.45) is 6.91. The van der Waals surface area contributed by atoms with Crippen LogP contribution in [0.5, 0.6) is 0 Å². The highest BCUT2D eigenvalue weighted by molar-refractivity contribution is 6.30. The van der Waals surface area contributed by atoms with Crippen molar-refractivity contribution in [2.24, 2.45) is 0 Å². The quantitative estimate of drug-likeness (QED) is 0.276. The third-order valence-electron chi connectivity index (χ3n) is 5.53. The number of amides is 2. The second kappa shape index (κ2) is 12.8. The molecular formula is C27H31ClN4O2. The number of para-hydroxylation sites is 2. The van der Waals surface area contributed by atoms with Crippen molar-refractivity contribution in [2.75, 3.05) is 19.6 Å². The fourth-order valence-electron chi connectivity index (χ4n) is 3.84. The number of aryl methyl sites for hydroxylation is 1. The summed E-state index contributed by atoms with van der Waals surface area (Å²) in [5.74, 6) is 0.786. The summed E-state index contributed by atoms with van der Waals surface area (Å²) < 4.78 is 2.01. The number of nitrogens with zero attached hydrogens (tertiary/aromatic N) is 3. The molecule has 0 bridgehead atoms. The van der Waals surface area contributed by atoms with Crippen molar-refractivity contribution in [3.05, 3.63) is 90.3 Å². The molecule has 6 nitrogen and oxygen atoms in total. The number of halogens is 1. The van der Waals surface area contributed by atoms with Crippen LogP contribution in [0, 0.1) is 0 Å². The summed E-state index contributed by atoms with van der Waals surface area (Å²) in [7, 11) is 0. The fraction of sp³-hybridized carbons (Fsp3) is 0.296. The van der Waals surface area contributed by atoms with Crippen molar-refractivity contribution >= 4 is 34.4 Å². The molecule has 34 heavy (non-hydrogen) atoms. The van der Waals surface area contributed by atoms with Gasteiger partial charge in [0.15, 0.2) is 0 Å². The van der Waals surface area contributed by atoms with Crippen LogP contribution >= 0.6 is 11.6 Å². The van der Waals surface area contributed by atoms with Crippen LogP contribution in [0.15, 0.2) is 73.8 Å². The molecule has 0 fully saturated rings. The van der Waals surface area contributed by atoms with Gasteiger partial charge in [-0.15, -0.1) is 13.2 Å². The molecule has 2 amide bonds. The number of nitrogens with one attached hydrogen (secondary N) is 1. The molecule has 0 saturated carbocycles. The second-order valence-corrected chi connectivity index (χ2v) is 8.49. The Morgan fingerprint density at radius 3 is 2.53 bits per heavy atom. The van der Waals surface area contributed by atoms with Crippen molar-refractivity contribution in [2.45, 2.75) is 32.2 Å². The molecule has 0 aliphatic heterocycles. The van der Waals surface area contributed by atoms with E-state index in [1.165, 1.54) is 0 Å². The van der Waals surface area contributed by atoms with E-state index in [1.54, 1.807) is 41.3 Å². The van der Waals surface area contributed by atoms with Crippen LogP contribution in [-0.4, -0.2) is 45.9 Å². The minimum Gasteiger partial charge on any atom is -0.352 e. The van der Waals surface area contributed by atoms with Crippen LogP contribution in [0.3, 0.4) is 0 Å². The largest absolute Gasteiger partial charge is 0.352 e. The lowest BCUT2D eigenvalue weighted by Crippen LogP contribution is -2.34. The molecule has 178 valence electrons. The van der Waals surface area contributed by atoms with Gasteiger partial charge in [-0.3, -0.25) is 9.59 Å². The van der Waals surface area contributed by atoms with E-state index in [0.29, 0.717) is 30.2 Å². The predicted octanol–water partition coefficient (Wildman–Crippen LogP) is 5.03. The van der Waals surface area contributed by atoms with Crippen LogP contribution in [0.1, 0.15) is 35.4 Å². The van der Waals surface area contributed by atoms with E-state index in [0.717, 1.165) is 42.5 Å². The zero-order valence-corrected chi connectivity index (χ0v) is 20.1. The smallest absolute Gasteiger partial charge is 0.251 e. The maximum atomic E-state index is 12.9. The molecule has 0 aliphatic carbocycles. The van der Waals surface area contributed by atoms with Crippen molar-refractivity contribution in [3.8, 4) is 0 Å². The van der Waals surface area contributed by atoms with Crippen molar-refractivity contribution in [1.29, 1.82) is 0 Å². The SMILES string of the molecule is C=CCN(CC=C)C(=O)Cn1c(CCCCCNC(=O)c2cccc(Cl)c2)nc2ccccc21. The van der Waals surface area contributed by atoms with Gasteiger partial charge in [-0.1, -0.05) is 48.4 Å². The molecule has 0 atom stereocenters. The first-order valence-electron chi connectivity index (χ1n) is 11.5. The Bertz CT molecular complexity index is 1140. The lowest BCUT2D eigenvalue weighted by atomic mass is 10.1. The third-order valence-corrected chi connectivity index (χ3v) is 5.76. The van der Waals surface area contributed by atoms with Gasteiger partial charge in [0.2, 0.25) is 5.91 Å². The lowest BCUT2D eigenvalue weighted by molar-refractivity contribution is -0.130. The van der Waals surface area contributed by atoms with Crippen LogP contribution in [0.4, 0.5) is 0 Å². The molecule has 7 heteroatoms. The highest BCUT2D eigenvalue weighted by Gasteiger charge is 2.17. The third kappa shape index (κ3) is 6.81. The van der Waals surface area contributed by atoms with Crippen LogP contribution in [-0.2, 0) is 17.8 Å². The summed E-state index contributed by atoms with van der Waals surface area (Å²) >= 11 is 5.95. The second-order valence-electron chi connectivity index (χ2n) is 8.06. The summed E-state index contributed by atoms with van der Waals surface area (Å²) in [5.41, 5.74) is 2.41. The molecule has 3 rings (SSSR count). The highest BCUT2D eigenvalue weighted by Crippen LogP contribution is 2.18. The van der Waals surface area contributed by atoms with Gasteiger partial charge in [-0.25, -0.2) is 4.98 Å². The van der Waals surface area contributed by atoms with Crippen molar-refractivity contribution < 1.29 is 9.59 Å². The van der Waals surface area contributed by atoms with Gasteiger partial charge in [-0.05, 0) is 43.2 Å². The first-order chi connectivity index (χ1) is 16.5. The van der Waals surface area contributed by atoms with E-state index in [2.05, 4.69) is 18.5 Å². The summed E-state index contributed by atoms with van der Waals surface area (Å²) in [4.78, 5) is 31.7. The Morgan fingerprint density at radius 2 is 1.79 bits per heavy atom. The number of hydrogen-bond acceptors (Lipinski definition) is 3. The van der Waals surface area contributed by atoms with Gasteiger partial charge in [0.05, 0.1) is 11.0 Å². The predicted molar refractivity (Wildman–Crippen MR) is 138 cm³/mol. The molecule has 0 radical (unpaired) electrons. The molecule has 0 saturated heterocycles. The van der Waals surface area contributed by atoms with Crippen molar-refractivity contribution in [3.63, 3.8) is 0 Å². The van der Waals surface area contributed by atoms with Gasteiger partial charge in [-0.2, -0.15) is 0 Å². The average Bonchev–Trinajstić information content (AvgIpc) is 3.18. The molecule has 1 N–H and O–H groups in total. The first kappa shape index (κ1) is 25.2. The van der Waals surface area contributed by atoms with Crippen LogP contribution < -0.4 is 5.32 Å². The van der Waals surface area contributed by atoms with E-state index >= 15 is 0 Å². The van der Waals surface area contributed by atoms with Crippen LogP contribution in [0.2, 0.25) is 5.02 Å². The molecule has 3 aromatic rings. The average molecular weight is 479 g/mol. The molecule has 0 spiro atoms. The zero-order valence-electron chi connectivity index (χ0n) is 19.4. The van der Waals surface area contributed by atoms with E-state index in [4.69, 9.17) is 16.6 Å². The molecular weight excluding hydrogens is 448 g/mol. The fourth-order valence-corrected chi connectivity index (χ4v) is 4.03. The van der Waals surface area contributed by atoms with Gasteiger partial charge in [0.1, 0.15) is 12.4 Å². The molecule has 1 aromatic heterocycles. The lowest BCUT2D eigenvalue weighted by Gasteiger charge is -2.20. The maximum Gasteiger partial charge on any atom is 0.251 e. The number of hydrogen-bond donors (Lipinski definition) is 1. The van der Waals surface area contributed by atoms with Gasteiger partial charge in [0, 0.05) is 36.6 Å². The molecule has 2 aromatic carbocycles. The molecule has 1 heterocycles. The standard InChI is InChI=1S/C27H31ClN4O2/c1-3-17-31(18-4-2)26(33)20-32-24-14-8-7-13-23(24)30-25(32)15-6-5-9-16-29-27(34)21-11-10-12-22(28)19-21/h3-4,7-8,10-14,19H,1-2,5-6,9,15-18,20H2,(H,29,34). The number of carbonyl (C=O) groups excluding carboxylic acids is 2. The topological polar surface area (TPSA) is 67.2 Å². The minimum absolute atomic E-state index is 0.00734. The van der Waals surface area contributed by atoms with E-state index in [9.17, 15) is 9.59 Å². The number of carbonyl (C=O) groups is 2. The van der Waals surface area contributed by atoms with Gasteiger partial charge in [0.25, 0.3) is 5.91 Å². The number of unbranched alkanes of at least 4 members (excludes halogenated alkanes) is 2. The summed E-state index contributed by atoms with van der Waals surface area (Å²) in [5, 5.41) is 3.48. The molecule has 0 aliphatic rings. The van der Waals surface area contributed by atoms with E-state index in [-0.39, 0.29) is 18.4 Å². The number of rotatable bonds is 13. The van der Waals surface area contributed by atoms with Gasteiger partial charge >= 0.3 is 0 Å². The maximum absolute atomic E-state index is 12.9. The first-order valence-corrected chi connectivity index (χ1v) is 11.9. The van der Waals surface area contributed by atoms with Gasteiger partial charge < -0.3 is 14.8 Å². The highest BCUT2D eigenvalue weighted by atomic mass is 35.5. The Kier molecular flexibility index (Phi) is 9.47. The Hall–Kier alpha value is -3.38. The Morgan fingerprint density at radius 1 is 1.03 bits per heavy atom. The number of fused-ring (bicyclic) bond motifs is 1. The normalized spacial score (nSPS) is 10.7. The van der Waals surface area contributed by atoms with E-state index in [1.807, 2.05) is 28.8 Å². The number of imidazole rings is 1.